The maximum Gasteiger partial charge on any atom is 0.317 e. The first-order valence-corrected chi connectivity index (χ1v) is 8.79. The van der Waals surface area contributed by atoms with Gasteiger partial charge in [0.25, 0.3) is 0 Å². The molecule has 3 atom stereocenters. The minimum Gasteiger partial charge on any atom is -0.481 e. The molecule has 0 saturated carbocycles. The summed E-state index contributed by atoms with van der Waals surface area (Å²) < 4.78 is 27.9. The van der Waals surface area contributed by atoms with Crippen LogP contribution in [0.2, 0.25) is 0 Å². The summed E-state index contributed by atoms with van der Waals surface area (Å²) in [5, 5.41) is 11.9. The Bertz CT molecular complexity index is 753. The quantitative estimate of drug-likeness (QED) is 0.836. The zero-order chi connectivity index (χ0) is 19.7. The van der Waals surface area contributed by atoms with Crippen molar-refractivity contribution in [2.75, 3.05) is 24.5 Å². The van der Waals surface area contributed by atoms with Gasteiger partial charge in [0.2, 0.25) is 5.91 Å². The van der Waals surface area contributed by atoms with Crippen molar-refractivity contribution in [2.45, 2.75) is 25.8 Å². The van der Waals surface area contributed by atoms with E-state index in [9.17, 15) is 28.3 Å². The third kappa shape index (κ3) is 4.01. The van der Waals surface area contributed by atoms with Crippen LogP contribution in [0.5, 0.6) is 0 Å². The number of halogens is 2. The summed E-state index contributed by atoms with van der Waals surface area (Å²) in [7, 11) is 0. The molecule has 2 heterocycles. The van der Waals surface area contributed by atoms with Gasteiger partial charge in [0.15, 0.2) is 0 Å². The lowest BCUT2D eigenvalue weighted by Gasteiger charge is -2.35. The van der Waals surface area contributed by atoms with Gasteiger partial charge in [-0.15, -0.1) is 0 Å². The van der Waals surface area contributed by atoms with Crippen molar-refractivity contribution in [1.29, 1.82) is 0 Å². The molecule has 0 aliphatic carbocycles. The minimum atomic E-state index is -0.948. The van der Waals surface area contributed by atoms with Crippen molar-refractivity contribution in [3.63, 3.8) is 0 Å². The molecule has 0 bridgehead atoms. The predicted molar refractivity (Wildman–Crippen MR) is 92.1 cm³/mol. The summed E-state index contributed by atoms with van der Waals surface area (Å²) in [4.78, 5) is 38.3. The number of likely N-dealkylation sites (tertiary alicyclic amines) is 1. The summed E-state index contributed by atoms with van der Waals surface area (Å²) in [6.45, 7) is 2.34. The summed E-state index contributed by atoms with van der Waals surface area (Å²) in [5.41, 5.74) is -0.420. The Labute approximate surface area is 154 Å². The monoisotopic (exact) mass is 381 g/mol. The van der Waals surface area contributed by atoms with Crippen molar-refractivity contribution in [3.8, 4) is 0 Å². The topological polar surface area (TPSA) is 90.0 Å². The molecule has 1 aromatic carbocycles. The van der Waals surface area contributed by atoms with Gasteiger partial charge in [0.05, 0.1) is 12.0 Å². The first-order valence-electron chi connectivity index (χ1n) is 8.79. The Morgan fingerprint density at radius 3 is 2.48 bits per heavy atom. The second kappa shape index (κ2) is 7.50. The Kier molecular flexibility index (Phi) is 5.29. The van der Waals surface area contributed by atoms with Crippen LogP contribution < -0.4 is 10.2 Å². The van der Waals surface area contributed by atoms with Crippen LogP contribution in [0.1, 0.15) is 19.8 Å². The van der Waals surface area contributed by atoms with Gasteiger partial charge in [0, 0.05) is 26.1 Å². The molecule has 2 saturated heterocycles. The molecule has 2 N–H and O–H groups in total. The number of nitrogens with one attached hydrogen (secondary N) is 1. The molecule has 27 heavy (non-hydrogen) atoms. The number of piperidine rings is 1. The summed E-state index contributed by atoms with van der Waals surface area (Å²) in [5.74, 6) is -3.71. The number of benzene rings is 1. The van der Waals surface area contributed by atoms with Crippen LogP contribution in [0.4, 0.5) is 19.3 Å². The van der Waals surface area contributed by atoms with Crippen LogP contribution in [-0.2, 0) is 9.59 Å². The second-order valence-corrected chi connectivity index (χ2v) is 7.21. The zero-order valence-corrected chi connectivity index (χ0v) is 14.8. The van der Waals surface area contributed by atoms with Crippen molar-refractivity contribution < 1.29 is 28.3 Å². The van der Waals surface area contributed by atoms with Crippen molar-refractivity contribution in [2.24, 2.45) is 11.8 Å². The number of rotatable bonds is 3. The lowest BCUT2D eigenvalue weighted by molar-refractivity contribution is -0.143. The molecular weight excluding hydrogens is 360 g/mol. The molecule has 3 unspecified atom stereocenters. The summed E-state index contributed by atoms with van der Waals surface area (Å²) in [6.07, 6.45) is 0.423. The maximum atomic E-state index is 13.9. The highest BCUT2D eigenvalue weighted by molar-refractivity contribution is 5.97. The lowest BCUT2D eigenvalue weighted by atomic mass is 9.91. The number of anilines is 1. The van der Waals surface area contributed by atoms with E-state index < -0.39 is 47.2 Å². The number of carboxylic acid groups (broad SMARTS) is 1. The Morgan fingerprint density at radius 1 is 1.19 bits per heavy atom. The van der Waals surface area contributed by atoms with E-state index in [1.807, 2.05) is 6.92 Å². The average Bonchev–Trinajstić information content (AvgIpc) is 2.94. The van der Waals surface area contributed by atoms with Crippen LogP contribution in [0, 0.1) is 23.5 Å². The molecule has 9 heteroatoms. The van der Waals surface area contributed by atoms with Gasteiger partial charge < -0.3 is 20.2 Å². The molecule has 0 spiro atoms. The highest BCUT2D eigenvalue weighted by Crippen LogP contribution is 2.28. The molecule has 0 radical (unpaired) electrons. The second-order valence-electron chi connectivity index (χ2n) is 7.21. The van der Waals surface area contributed by atoms with Gasteiger partial charge in [-0.05, 0) is 24.5 Å². The zero-order valence-electron chi connectivity index (χ0n) is 14.8. The van der Waals surface area contributed by atoms with E-state index in [2.05, 4.69) is 5.32 Å². The third-order valence-electron chi connectivity index (χ3n) is 4.96. The van der Waals surface area contributed by atoms with Gasteiger partial charge in [-0.1, -0.05) is 13.0 Å². The van der Waals surface area contributed by atoms with Crippen molar-refractivity contribution in [3.05, 3.63) is 29.8 Å². The predicted octanol–water partition coefficient (Wildman–Crippen LogP) is 1.82. The summed E-state index contributed by atoms with van der Waals surface area (Å²) >= 11 is 0. The molecule has 146 valence electrons. The standard InChI is InChI=1S/C18H21F2N3O4/c1-10-5-11(17(25)26)8-22(7-10)18(27)21-12-6-15(24)23(9-12)16-13(19)3-2-4-14(16)20/h2-4,10-12H,5-9H2,1H3,(H,21,27)(H,25,26). The number of hydrogen-bond donors (Lipinski definition) is 2. The number of para-hydroxylation sites is 1. The van der Waals surface area contributed by atoms with Crippen molar-refractivity contribution in [1.82, 2.24) is 10.2 Å². The molecule has 7 nitrogen and oxygen atoms in total. The Morgan fingerprint density at radius 2 is 1.85 bits per heavy atom. The fourth-order valence-corrected chi connectivity index (χ4v) is 3.73. The SMILES string of the molecule is CC1CC(C(=O)O)CN(C(=O)NC2CC(=O)N(c3c(F)cccc3F)C2)C1. The maximum absolute atomic E-state index is 13.9. The van der Waals surface area contributed by atoms with E-state index in [-0.39, 0.29) is 25.4 Å². The van der Waals surface area contributed by atoms with E-state index >= 15 is 0 Å². The number of nitrogens with zero attached hydrogens (tertiary/aromatic N) is 2. The van der Waals surface area contributed by atoms with E-state index in [4.69, 9.17) is 0 Å². The van der Waals surface area contributed by atoms with Crippen molar-refractivity contribution >= 4 is 23.6 Å². The highest BCUT2D eigenvalue weighted by atomic mass is 19.1. The van der Waals surface area contributed by atoms with Crippen LogP contribution in [0.15, 0.2) is 18.2 Å². The molecular formula is C18H21F2N3O4. The van der Waals surface area contributed by atoms with Gasteiger partial charge >= 0.3 is 12.0 Å². The number of amides is 3. The van der Waals surface area contributed by atoms with Crippen LogP contribution in [0.25, 0.3) is 0 Å². The fraction of sp³-hybridized carbons (Fsp3) is 0.500. The number of aliphatic carboxylic acids is 1. The Hall–Kier alpha value is -2.71. The Balaban J connectivity index is 1.66. The van der Waals surface area contributed by atoms with Crippen LogP contribution in [0.3, 0.4) is 0 Å². The van der Waals surface area contributed by atoms with E-state index in [0.29, 0.717) is 13.0 Å². The molecule has 1 aromatic rings. The largest absolute Gasteiger partial charge is 0.481 e. The third-order valence-corrected chi connectivity index (χ3v) is 4.96. The van der Waals surface area contributed by atoms with Crippen LogP contribution >= 0.6 is 0 Å². The van der Waals surface area contributed by atoms with E-state index in [0.717, 1.165) is 17.0 Å². The molecule has 2 aliphatic rings. The van der Waals surface area contributed by atoms with Crippen LogP contribution in [-0.4, -0.2) is 53.6 Å². The first kappa shape index (κ1) is 19.1. The normalized spacial score (nSPS) is 25.6. The first-order chi connectivity index (χ1) is 12.8. The van der Waals surface area contributed by atoms with E-state index in [1.54, 1.807) is 0 Å². The summed E-state index contributed by atoms with van der Waals surface area (Å²) in [6, 6.07) is 2.27. The smallest absolute Gasteiger partial charge is 0.317 e. The minimum absolute atomic E-state index is 0.0415. The molecule has 0 aromatic heterocycles. The molecule has 2 aliphatic heterocycles. The molecule has 3 rings (SSSR count). The van der Waals surface area contributed by atoms with E-state index in [1.165, 1.54) is 11.0 Å². The highest BCUT2D eigenvalue weighted by Gasteiger charge is 2.37. The number of carboxylic acids is 1. The average molecular weight is 381 g/mol. The van der Waals surface area contributed by atoms with Gasteiger partial charge in [-0.2, -0.15) is 0 Å². The number of carbonyl (C=O) groups excluding carboxylic acids is 2. The molecule has 3 amide bonds. The van der Waals surface area contributed by atoms with Gasteiger partial charge in [-0.25, -0.2) is 13.6 Å². The molecule has 2 fully saturated rings. The fourth-order valence-electron chi connectivity index (χ4n) is 3.73. The number of carbonyl (C=O) groups is 3. The lowest BCUT2D eigenvalue weighted by Crippen LogP contribution is -2.52. The number of urea groups is 1. The van der Waals surface area contributed by atoms with Gasteiger partial charge in [0.1, 0.15) is 17.3 Å². The van der Waals surface area contributed by atoms with Gasteiger partial charge in [-0.3, -0.25) is 9.59 Å². The number of hydrogen-bond acceptors (Lipinski definition) is 3.